The van der Waals surface area contributed by atoms with Gasteiger partial charge in [-0.1, -0.05) is 18.2 Å². The smallest absolute Gasteiger partial charge is 0.161 e. The number of halogens is 1. The summed E-state index contributed by atoms with van der Waals surface area (Å²) in [6.45, 7) is 2.26. The van der Waals surface area contributed by atoms with Crippen LogP contribution < -0.4 is 14.8 Å². The van der Waals surface area contributed by atoms with Crippen LogP contribution >= 0.6 is 0 Å². The van der Waals surface area contributed by atoms with Crippen LogP contribution in [0, 0.1) is 12.7 Å². The Bertz CT molecular complexity index is 661. The van der Waals surface area contributed by atoms with Gasteiger partial charge in [-0.15, -0.1) is 0 Å². The molecule has 0 saturated carbocycles. The van der Waals surface area contributed by atoms with Gasteiger partial charge in [-0.2, -0.15) is 0 Å². The van der Waals surface area contributed by atoms with Crippen molar-refractivity contribution in [2.45, 2.75) is 19.5 Å². The molecule has 0 aliphatic heterocycles. The van der Waals surface area contributed by atoms with Crippen molar-refractivity contribution in [1.29, 1.82) is 0 Å². The first kappa shape index (κ1) is 17.2. The summed E-state index contributed by atoms with van der Waals surface area (Å²) in [5.41, 5.74) is 2.48. The Labute approximate surface area is 135 Å². The number of aliphatic hydroxyl groups is 1. The fourth-order valence-electron chi connectivity index (χ4n) is 2.48. The number of hydrogen-bond donors (Lipinski definition) is 2. The maximum absolute atomic E-state index is 13.9. The minimum Gasteiger partial charge on any atom is -0.493 e. The molecule has 0 aromatic heterocycles. The van der Waals surface area contributed by atoms with Gasteiger partial charge in [-0.05, 0) is 36.2 Å². The summed E-state index contributed by atoms with van der Waals surface area (Å²) in [6.07, 6.45) is 0. The second kappa shape index (κ2) is 7.94. The van der Waals surface area contributed by atoms with Crippen LogP contribution in [-0.4, -0.2) is 25.9 Å². The van der Waals surface area contributed by atoms with E-state index in [4.69, 9.17) is 9.47 Å². The lowest BCUT2D eigenvalue weighted by molar-refractivity contribution is 0.240. The van der Waals surface area contributed by atoms with Crippen LogP contribution in [-0.2, 0) is 6.54 Å². The largest absolute Gasteiger partial charge is 0.493 e. The summed E-state index contributed by atoms with van der Waals surface area (Å²) < 4.78 is 24.4. The third kappa shape index (κ3) is 4.00. The summed E-state index contributed by atoms with van der Waals surface area (Å²) in [5, 5.41) is 12.7. The molecule has 5 heteroatoms. The van der Waals surface area contributed by atoms with E-state index < -0.39 is 6.04 Å². The zero-order chi connectivity index (χ0) is 16.8. The Hall–Kier alpha value is -2.11. The van der Waals surface area contributed by atoms with Crippen molar-refractivity contribution in [3.8, 4) is 11.5 Å². The molecule has 0 spiro atoms. The lowest BCUT2D eigenvalue weighted by atomic mass is 10.0. The maximum atomic E-state index is 13.9. The molecule has 0 bridgehead atoms. The fourth-order valence-corrected chi connectivity index (χ4v) is 2.48. The first-order chi connectivity index (χ1) is 11.1. The van der Waals surface area contributed by atoms with E-state index in [0.717, 1.165) is 11.1 Å². The standard InChI is InChI=1S/C18H22FNO3/c1-12-8-17(22-2)18(23-3)9-13(12)10-20-16(11-21)14-6-4-5-7-15(14)19/h4-9,16,20-21H,10-11H2,1-3H3/t16-/m0/s1. The van der Waals surface area contributed by atoms with E-state index >= 15 is 0 Å². The Morgan fingerprint density at radius 1 is 1.13 bits per heavy atom. The molecular formula is C18H22FNO3. The van der Waals surface area contributed by atoms with Crippen molar-refractivity contribution < 1.29 is 19.0 Å². The molecule has 4 nitrogen and oxygen atoms in total. The third-order valence-corrected chi connectivity index (χ3v) is 3.84. The summed E-state index contributed by atoms with van der Waals surface area (Å²) in [7, 11) is 3.18. The number of benzene rings is 2. The van der Waals surface area contributed by atoms with Crippen molar-refractivity contribution in [2.75, 3.05) is 20.8 Å². The molecule has 1 atom stereocenters. The monoisotopic (exact) mass is 319 g/mol. The van der Waals surface area contributed by atoms with Crippen LogP contribution in [0.3, 0.4) is 0 Å². The minimum atomic E-state index is -0.469. The molecule has 23 heavy (non-hydrogen) atoms. The number of methoxy groups -OCH3 is 2. The van der Waals surface area contributed by atoms with Crippen LogP contribution in [0.5, 0.6) is 11.5 Å². The quantitative estimate of drug-likeness (QED) is 0.824. The molecule has 124 valence electrons. The number of nitrogens with one attached hydrogen (secondary N) is 1. The molecule has 2 rings (SSSR count). The molecule has 2 N–H and O–H groups in total. The molecule has 0 aliphatic rings. The highest BCUT2D eigenvalue weighted by molar-refractivity contribution is 5.47. The predicted molar refractivity (Wildman–Crippen MR) is 87.3 cm³/mol. The molecular weight excluding hydrogens is 297 g/mol. The molecule has 2 aromatic rings. The van der Waals surface area contributed by atoms with E-state index in [-0.39, 0.29) is 12.4 Å². The molecule has 0 unspecified atom stereocenters. The summed E-state index contributed by atoms with van der Waals surface area (Å²) >= 11 is 0. The van der Waals surface area contributed by atoms with Crippen LogP contribution in [0.4, 0.5) is 4.39 Å². The summed E-state index contributed by atoms with van der Waals surface area (Å²) in [4.78, 5) is 0. The van der Waals surface area contributed by atoms with E-state index in [2.05, 4.69) is 5.32 Å². The van der Waals surface area contributed by atoms with Crippen molar-refractivity contribution in [1.82, 2.24) is 5.32 Å². The average molecular weight is 319 g/mol. The van der Waals surface area contributed by atoms with Crippen molar-refractivity contribution >= 4 is 0 Å². The van der Waals surface area contributed by atoms with Crippen LogP contribution in [0.1, 0.15) is 22.7 Å². The average Bonchev–Trinajstić information content (AvgIpc) is 2.57. The lowest BCUT2D eigenvalue weighted by Crippen LogP contribution is -2.25. The first-order valence-corrected chi connectivity index (χ1v) is 7.40. The minimum absolute atomic E-state index is 0.187. The Kier molecular flexibility index (Phi) is 5.96. The number of rotatable bonds is 7. The second-order valence-corrected chi connectivity index (χ2v) is 5.27. The van der Waals surface area contributed by atoms with E-state index in [0.29, 0.717) is 23.6 Å². The van der Waals surface area contributed by atoms with Crippen LogP contribution in [0.25, 0.3) is 0 Å². The number of aliphatic hydroxyl groups excluding tert-OH is 1. The third-order valence-electron chi connectivity index (χ3n) is 3.84. The second-order valence-electron chi connectivity index (χ2n) is 5.27. The highest BCUT2D eigenvalue weighted by Crippen LogP contribution is 2.30. The molecule has 0 radical (unpaired) electrons. The molecule has 0 saturated heterocycles. The molecule has 0 aliphatic carbocycles. The Balaban J connectivity index is 2.17. The van der Waals surface area contributed by atoms with E-state index in [1.807, 2.05) is 19.1 Å². The highest BCUT2D eigenvalue weighted by Gasteiger charge is 2.15. The SMILES string of the molecule is COc1cc(C)c(CN[C@@H](CO)c2ccccc2F)cc1OC. The lowest BCUT2D eigenvalue weighted by Gasteiger charge is -2.19. The van der Waals surface area contributed by atoms with Gasteiger partial charge in [0, 0.05) is 12.1 Å². The van der Waals surface area contributed by atoms with Gasteiger partial charge < -0.3 is 19.9 Å². The highest BCUT2D eigenvalue weighted by atomic mass is 19.1. The van der Waals surface area contributed by atoms with E-state index in [1.54, 1.807) is 32.4 Å². The topological polar surface area (TPSA) is 50.7 Å². The summed E-state index contributed by atoms with van der Waals surface area (Å²) in [6, 6.07) is 9.76. The first-order valence-electron chi connectivity index (χ1n) is 7.40. The zero-order valence-electron chi connectivity index (χ0n) is 13.6. The van der Waals surface area contributed by atoms with E-state index in [9.17, 15) is 9.50 Å². The molecule has 0 amide bonds. The van der Waals surface area contributed by atoms with Gasteiger partial charge in [0.15, 0.2) is 11.5 Å². The van der Waals surface area contributed by atoms with Gasteiger partial charge in [-0.3, -0.25) is 0 Å². The van der Waals surface area contributed by atoms with Crippen LogP contribution in [0.15, 0.2) is 36.4 Å². The number of hydrogen-bond acceptors (Lipinski definition) is 4. The molecule has 0 fully saturated rings. The zero-order valence-corrected chi connectivity index (χ0v) is 13.6. The van der Waals surface area contributed by atoms with Gasteiger partial charge in [-0.25, -0.2) is 4.39 Å². The summed E-state index contributed by atoms with van der Waals surface area (Å²) in [5.74, 6) is 0.978. The molecule has 2 aromatic carbocycles. The maximum Gasteiger partial charge on any atom is 0.161 e. The van der Waals surface area contributed by atoms with Crippen molar-refractivity contribution in [2.24, 2.45) is 0 Å². The Morgan fingerprint density at radius 3 is 2.39 bits per heavy atom. The molecule has 0 heterocycles. The van der Waals surface area contributed by atoms with Gasteiger partial charge in [0.1, 0.15) is 5.82 Å². The number of aryl methyl sites for hydroxylation is 1. The van der Waals surface area contributed by atoms with Crippen molar-refractivity contribution in [3.63, 3.8) is 0 Å². The van der Waals surface area contributed by atoms with Crippen LogP contribution in [0.2, 0.25) is 0 Å². The van der Waals surface area contributed by atoms with Gasteiger partial charge in [0.2, 0.25) is 0 Å². The van der Waals surface area contributed by atoms with Gasteiger partial charge in [0.25, 0.3) is 0 Å². The Morgan fingerprint density at radius 2 is 1.78 bits per heavy atom. The predicted octanol–water partition coefficient (Wildman–Crippen LogP) is 2.97. The van der Waals surface area contributed by atoms with E-state index in [1.165, 1.54) is 6.07 Å². The number of ether oxygens (including phenoxy) is 2. The van der Waals surface area contributed by atoms with Gasteiger partial charge >= 0.3 is 0 Å². The fraction of sp³-hybridized carbons (Fsp3) is 0.333. The van der Waals surface area contributed by atoms with Crippen molar-refractivity contribution in [3.05, 3.63) is 58.9 Å². The van der Waals surface area contributed by atoms with Gasteiger partial charge in [0.05, 0.1) is 26.9 Å². The normalized spacial score (nSPS) is 12.0.